The first-order valence-electron chi connectivity index (χ1n) is 7.36. The van der Waals surface area contributed by atoms with Crippen LogP contribution in [-0.4, -0.2) is 57.1 Å². The van der Waals surface area contributed by atoms with Gasteiger partial charge >= 0.3 is 6.03 Å². The summed E-state index contributed by atoms with van der Waals surface area (Å²) in [6, 6.07) is 9.24. The van der Waals surface area contributed by atoms with Crippen molar-refractivity contribution in [1.82, 2.24) is 10.2 Å². The second-order valence-electron chi connectivity index (χ2n) is 5.41. The van der Waals surface area contributed by atoms with Crippen molar-refractivity contribution < 1.29 is 17.9 Å². The molecule has 6 nitrogen and oxygen atoms in total. The van der Waals surface area contributed by atoms with Crippen molar-refractivity contribution in [2.75, 3.05) is 32.5 Å². The van der Waals surface area contributed by atoms with Crippen LogP contribution in [0.15, 0.2) is 30.3 Å². The molecule has 0 bridgehead atoms. The number of carbonyl (C=O) groups is 1. The van der Waals surface area contributed by atoms with Crippen LogP contribution in [0.1, 0.15) is 12.8 Å². The molecule has 1 aliphatic rings. The number of para-hydroxylation sites is 1. The Morgan fingerprint density at radius 1 is 1.27 bits per heavy atom. The Hall–Kier alpha value is -1.76. The monoisotopic (exact) mass is 326 g/mol. The molecular formula is C15H22N2O4S. The maximum absolute atomic E-state index is 12.0. The van der Waals surface area contributed by atoms with E-state index in [9.17, 15) is 13.2 Å². The number of likely N-dealkylation sites (tertiary alicyclic amines) is 1. The lowest BCUT2D eigenvalue weighted by Gasteiger charge is -2.31. The summed E-state index contributed by atoms with van der Waals surface area (Å²) in [7, 11) is -3.00. The van der Waals surface area contributed by atoms with E-state index in [-0.39, 0.29) is 11.3 Å². The lowest BCUT2D eigenvalue weighted by atomic mass is 10.1. The van der Waals surface area contributed by atoms with Crippen molar-refractivity contribution in [2.45, 2.75) is 18.1 Å². The number of benzene rings is 1. The summed E-state index contributed by atoms with van der Waals surface area (Å²) in [4.78, 5) is 13.6. The number of sulfone groups is 1. The van der Waals surface area contributed by atoms with Gasteiger partial charge < -0.3 is 15.0 Å². The Balaban J connectivity index is 1.66. The van der Waals surface area contributed by atoms with Gasteiger partial charge in [-0.1, -0.05) is 18.2 Å². The lowest BCUT2D eigenvalue weighted by molar-refractivity contribution is 0.184. The van der Waals surface area contributed by atoms with E-state index >= 15 is 0 Å². The van der Waals surface area contributed by atoms with Crippen molar-refractivity contribution in [1.29, 1.82) is 0 Å². The molecule has 122 valence electrons. The molecule has 1 N–H and O–H groups in total. The third-order valence-electron chi connectivity index (χ3n) is 3.72. The van der Waals surface area contributed by atoms with Gasteiger partial charge in [0.2, 0.25) is 0 Å². The molecule has 2 rings (SSSR count). The molecule has 7 heteroatoms. The standard InChI is InChI=1S/C15H22N2O4S/c1-22(19,20)14-7-10-17(11-8-14)15(18)16-9-12-21-13-5-3-2-4-6-13/h2-6,14H,7-12H2,1H3,(H,16,18). The first kappa shape index (κ1) is 16.6. The van der Waals surface area contributed by atoms with Crippen LogP contribution in [0.4, 0.5) is 4.79 Å². The Bertz CT molecular complexity index is 581. The smallest absolute Gasteiger partial charge is 0.317 e. The second-order valence-corrected chi connectivity index (χ2v) is 7.74. The fourth-order valence-corrected chi connectivity index (χ4v) is 3.51. The van der Waals surface area contributed by atoms with Crippen LogP contribution in [0.3, 0.4) is 0 Å². The van der Waals surface area contributed by atoms with E-state index in [1.165, 1.54) is 6.26 Å². The SMILES string of the molecule is CS(=O)(=O)C1CCN(C(=O)NCCOc2ccccc2)CC1. The number of nitrogens with zero attached hydrogens (tertiary/aromatic N) is 1. The number of carbonyl (C=O) groups excluding carboxylic acids is 1. The van der Waals surface area contributed by atoms with Crippen LogP contribution in [0, 0.1) is 0 Å². The zero-order valence-electron chi connectivity index (χ0n) is 12.7. The van der Waals surface area contributed by atoms with Crippen LogP contribution in [-0.2, 0) is 9.84 Å². The molecule has 1 fully saturated rings. The van der Waals surface area contributed by atoms with Crippen molar-refractivity contribution in [2.24, 2.45) is 0 Å². The van der Waals surface area contributed by atoms with E-state index in [4.69, 9.17) is 4.74 Å². The van der Waals surface area contributed by atoms with Crippen LogP contribution < -0.4 is 10.1 Å². The average Bonchev–Trinajstić information content (AvgIpc) is 2.52. The molecule has 0 atom stereocenters. The van der Waals surface area contributed by atoms with Gasteiger partial charge in [-0.15, -0.1) is 0 Å². The highest BCUT2D eigenvalue weighted by atomic mass is 32.2. The van der Waals surface area contributed by atoms with Crippen LogP contribution in [0.5, 0.6) is 5.75 Å². The van der Waals surface area contributed by atoms with Gasteiger partial charge in [0.1, 0.15) is 22.2 Å². The fraction of sp³-hybridized carbons (Fsp3) is 0.533. The number of hydrogen-bond acceptors (Lipinski definition) is 4. The Morgan fingerprint density at radius 2 is 1.91 bits per heavy atom. The average molecular weight is 326 g/mol. The lowest BCUT2D eigenvalue weighted by Crippen LogP contribution is -2.47. The summed E-state index contributed by atoms with van der Waals surface area (Å²) in [6.45, 7) is 1.77. The first-order chi connectivity index (χ1) is 10.5. The van der Waals surface area contributed by atoms with Crippen molar-refractivity contribution in [3.05, 3.63) is 30.3 Å². The van der Waals surface area contributed by atoms with E-state index in [0.29, 0.717) is 39.1 Å². The highest BCUT2D eigenvalue weighted by molar-refractivity contribution is 7.91. The molecule has 1 aliphatic heterocycles. The quantitative estimate of drug-likeness (QED) is 0.827. The van der Waals surface area contributed by atoms with Crippen LogP contribution >= 0.6 is 0 Å². The van der Waals surface area contributed by atoms with E-state index in [1.807, 2.05) is 30.3 Å². The third-order valence-corrected chi connectivity index (χ3v) is 5.41. The van der Waals surface area contributed by atoms with E-state index < -0.39 is 9.84 Å². The largest absolute Gasteiger partial charge is 0.492 e. The van der Waals surface area contributed by atoms with Gasteiger partial charge in [0.15, 0.2) is 0 Å². The minimum atomic E-state index is -3.00. The van der Waals surface area contributed by atoms with Gasteiger partial charge in [0.05, 0.1) is 11.8 Å². The Kier molecular flexibility index (Phi) is 5.65. The molecule has 1 saturated heterocycles. The predicted molar refractivity (Wildman–Crippen MR) is 84.8 cm³/mol. The summed E-state index contributed by atoms with van der Waals surface area (Å²) in [5.41, 5.74) is 0. The van der Waals surface area contributed by atoms with Crippen LogP contribution in [0.25, 0.3) is 0 Å². The van der Waals surface area contributed by atoms with Crippen molar-refractivity contribution in [3.63, 3.8) is 0 Å². The number of rotatable bonds is 5. The van der Waals surface area contributed by atoms with Crippen molar-refractivity contribution in [3.8, 4) is 5.75 Å². The number of urea groups is 1. The molecule has 0 spiro atoms. The number of ether oxygens (including phenoxy) is 1. The van der Waals surface area contributed by atoms with E-state index in [2.05, 4.69) is 5.32 Å². The molecule has 1 aromatic carbocycles. The minimum Gasteiger partial charge on any atom is -0.492 e. The second kappa shape index (κ2) is 7.49. The Labute approximate surface area is 131 Å². The zero-order valence-corrected chi connectivity index (χ0v) is 13.5. The van der Waals surface area contributed by atoms with E-state index in [0.717, 1.165) is 5.75 Å². The zero-order chi connectivity index (χ0) is 16.0. The summed E-state index contributed by atoms with van der Waals surface area (Å²) in [6.07, 6.45) is 2.27. The number of amides is 2. The third kappa shape index (κ3) is 4.91. The van der Waals surface area contributed by atoms with Gasteiger partial charge in [-0.3, -0.25) is 0 Å². The maximum atomic E-state index is 12.0. The van der Waals surface area contributed by atoms with E-state index in [1.54, 1.807) is 4.90 Å². The normalized spacial score (nSPS) is 16.3. The summed E-state index contributed by atoms with van der Waals surface area (Å²) in [5, 5.41) is 2.47. The molecule has 0 unspecified atom stereocenters. The molecule has 0 saturated carbocycles. The van der Waals surface area contributed by atoms with Gasteiger partial charge in [-0.05, 0) is 25.0 Å². The first-order valence-corrected chi connectivity index (χ1v) is 9.32. The molecule has 2 amide bonds. The number of hydrogen-bond donors (Lipinski definition) is 1. The molecule has 22 heavy (non-hydrogen) atoms. The number of piperidine rings is 1. The van der Waals surface area contributed by atoms with Gasteiger partial charge in [-0.25, -0.2) is 13.2 Å². The number of nitrogens with one attached hydrogen (secondary N) is 1. The van der Waals surface area contributed by atoms with Gasteiger partial charge in [0, 0.05) is 19.3 Å². The summed E-state index contributed by atoms with van der Waals surface area (Å²) in [5.74, 6) is 0.769. The maximum Gasteiger partial charge on any atom is 0.317 e. The molecule has 0 aliphatic carbocycles. The van der Waals surface area contributed by atoms with Crippen LogP contribution in [0.2, 0.25) is 0 Å². The summed E-state index contributed by atoms with van der Waals surface area (Å²) < 4.78 is 28.4. The Morgan fingerprint density at radius 3 is 2.50 bits per heavy atom. The summed E-state index contributed by atoms with van der Waals surface area (Å²) >= 11 is 0. The molecule has 0 radical (unpaired) electrons. The predicted octanol–water partition coefficient (Wildman–Crippen LogP) is 1.28. The fourth-order valence-electron chi connectivity index (χ4n) is 2.44. The molecular weight excluding hydrogens is 304 g/mol. The topological polar surface area (TPSA) is 75.7 Å². The molecule has 1 aromatic rings. The highest BCUT2D eigenvalue weighted by Gasteiger charge is 2.28. The molecule has 1 heterocycles. The van der Waals surface area contributed by atoms with Gasteiger partial charge in [-0.2, -0.15) is 0 Å². The minimum absolute atomic E-state index is 0.163. The van der Waals surface area contributed by atoms with Crippen molar-refractivity contribution >= 4 is 15.9 Å². The molecule has 0 aromatic heterocycles. The van der Waals surface area contributed by atoms with Gasteiger partial charge in [0.25, 0.3) is 0 Å². The highest BCUT2D eigenvalue weighted by Crippen LogP contribution is 2.16.